The van der Waals surface area contributed by atoms with E-state index in [-0.39, 0.29) is 22.0 Å². The minimum atomic E-state index is -0.713. The Morgan fingerprint density at radius 1 is 1.17 bits per heavy atom. The van der Waals surface area contributed by atoms with Gasteiger partial charge in [0.25, 0.3) is 17.7 Å². The van der Waals surface area contributed by atoms with E-state index in [1.165, 1.54) is 18.2 Å². The van der Waals surface area contributed by atoms with Crippen LogP contribution in [-0.2, 0) is 4.79 Å². The molecule has 1 aliphatic rings. The van der Waals surface area contributed by atoms with Gasteiger partial charge in [-0.05, 0) is 36.4 Å². The van der Waals surface area contributed by atoms with E-state index >= 15 is 0 Å². The first kappa shape index (κ1) is 22.6. The molecule has 5 rings (SSSR count). The Bertz CT molecular complexity index is 1530. The van der Waals surface area contributed by atoms with Crippen LogP contribution in [0.5, 0.6) is 0 Å². The smallest absolute Gasteiger partial charge is 0.400 e. The van der Waals surface area contributed by atoms with E-state index in [9.17, 15) is 24.5 Å². The van der Waals surface area contributed by atoms with Crippen molar-refractivity contribution in [1.29, 1.82) is 0 Å². The minimum Gasteiger partial charge on any atom is -0.400 e. The predicted molar refractivity (Wildman–Crippen MR) is 130 cm³/mol. The third-order valence-electron chi connectivity index (χ3n) is 5.02. The number of nitrogens with zero attached hydrogens (tertiary/aromatic N) is 5. The van der Waals surface area contributed by atoms with Gasteiger partial charge < -0.3 is 4.42 Å². The van der Waals surface area contributed by atoms with Crippen LogP contribution in [0, 0.1) is 10.1 Å². The summed E-state index contributed by atoms with van der Waals surface area (Å²) in [7, 11) is 0. The van der Waals surface area contributed by atoms with E-state index in [1.54, 1.807) is 24.3 Å². The van der Waals surface area contributed by atoms with Crippen molar-refractivity contribution in [1.82, 2.24) is 9.88 Å². The normalized spacial score (nSPS) is 13.1. The van der Waals surface area contributed by atoms with Crippen molar-refractivity contribution in [3.8, 4) is 0 Å². The Morgan fingerprint density at radius 3 is 2.54 bits per heavy atom. The van der Waals surface area contributed by atoms with Crippen molar-refractivity contribution >= 4 is 72.4 Å². The molecule has 3 heterocycles. The number of anilines is 1. The molecule has 0 bridgehead atoms. The van der Waals surface area contributed by atoms with E-state index in [0.717, 1.165) is 42.7 Å². The van der Waals surface area contributed by atoms with Crippen molar-refractivity contribution in [3.05, 3.63) is 86.1 Å². The third kappa shape index (κ3) is 4.22. The fourth-order valence-electron chi connectivity index (χ4n) is 3.41. The van der Waals surface area contributed by atoms with Gasteiger partial charge in [0.1, 0.15) is 11.5 Å². The topological polar surface area (TPSA) is 139 Å². The number of aromatic nitrogens is 1. The van der Waals surface area contributed by atoms with E-state index in [0.29, 0.717) is 5.52 Å². The van der Waals surface area contributed by atoms with Crippen LogP contribution in [0.15, 0.2) is 68.6 Å². The summed E-state index contributed by atoms with van der Waals surface area (Å²) in [5, 5.41) is 16.1. The molecule has 0 spiro atoms. The quantitative estimate of drug-likeness (QED) is 0.150. The van der Waals surface area contributed by atoms with Crippen LogP contribution in [0.25, 0.3) is 10.2 Å². The van der Waals surface area contributed by atoms with Crippen molar-refractivity contribution in [3.63, 3.8) is 0 Å². The lowest BCUT2D eigenvalue weighted by Crippen LogP contribution is -2.41. The molecular weight excluding hydrogens is 542 g/mol. The molecule has 0 saturated heterocycles. The highest BCUT2D eigenvalue weighted by atomic mass is 79.9. The van der Waals surface area contributed by atoms with Gasteiger partial charge in [-0.2, -0.15) is 10.1 Å². The Kier molecular flexibility index (Phi) is 5.70. The fourth-order valence-corrected chi connectivity index (χ4v) is 4.90. The molecule has 11 nitrogen and oxygen atoms in total. The van der Waals surface area contributed by atoms with Gasteiger partial charge >= 0.3 is 5.88 Å². The number of rotatable bonds is 6. The molecule has 0 aliphatic carbocycles. The SMILES string of the molecule is O=C1c2ccccc2C(=O)N1CC(=O)N(/N=C/c1ccc([N+](=O)[O-])o1)c1nc2ccc(Br)cc2s1. The number of amides is 3. The average molecular weight is 554 g/mol. The highest BCUT2D eigenvalue weighted by Gasteiger charge is 2.37. The Morgan fingerprint density at radius 2 is 1.89 bits per heavy atom. The molecule has 35 heavy (non-hydrogen) atoms. The Hall–Kier alpha value is -4.23. The van der Waals surface area contributed by atoms with Crippen molar-refractivity contribution in [2.24, 2.45) is 5.10 Å². The van der Waals surface area contributed by atoms with Gasteiger partial charge in [0.15, 0.2) is 5.76 Å². The zero-order valence-electron chi connectivity index (χ0n) is 17.5. The van der Waals surface area contributed by atoms with Crippen LogP contribution >= 0.6 is 27.3 Å². The van der Waals surface area contributed by atoms with Gasteiger partial charge in [-0.25, -0.2) is 4.98 Å². The number of hydrogen-bond donors (Lipinski definition) is 0. The number of halogens is 1. The van der Waals surface area contributed by atoms with Crippen molar-refractivity contribution < 1.29 is 23.7 Å². The van der Waals surface area contributed by atoms with Gasteiger partial charge in [0, 0.05) is 4.47 Å². The molecule has 0 atom stereocenters. The molecule has 0 radical (unpaired) electrons. The maximum Gasteiger partial charge on any atom is 0.433 e. The summed E-state index contributed by atoms with van der Waals surface area (Å²) in [6.45, 7) is -0.582. The number of carbonyl (C=O) groups is 3. The number of fused-ring (bicyclic) bond motifs is 2. The zero-order chi connectivity index (χ0) is 24.7. The van der Waals surface area contributed by atoms with Gasteiger partial charge in [-0.1, -0.05) is 39.4 Å². The molecule has 1 aliphatic heterocycles. The molecule has 2 aromatic heterocycles. The standard InChI is InChI=1S/C22H12BrN5O6S/c23-12-5-7-16-17(9-12)35-22(25-16)27(24-10-13-6-8-19(34-13)28(32)33)18(29)11-26-20(30)14-3-1-2-4-15(14)21(26)31/h1-10H,11H2/b24-10+. The molecule has 0 fully saturated rings. The summed E-state index contributed by atoms with van der Waals surface area (Å²) < 4.78 is 6.64. The fraction of sp³-hybridized carbons (Fsp3) is 0.0455. The number of benzene rings is 2. The lowest BCUT2D eigenvalue weighted by Gasteiger charge is -2.18. The predicted octanol–water partition coefficient (Wildman–Crippen LogP) is 4.22. The van der Waals surface area contributed by atoms with Gasteiger partial charge in [-0.15, -0.1) is 0 Å². The molecule has 0 saturated carbocycles. The van der Waals surface area contributed by atoms with E-state index < -0.39 is 35.1 Å². The first-order valence-corrected chi connectivity index (χ1v) is 11.6. The summed E-state index contributed by atoms with van der Waals surface area (Å²) in [6, 6.07) is 14.2. The van der Waals surface area contributed by atoms with Crippen molar-refractivity contribution in [2.45, 2.75) is 0 Å². The second-order valence-corrected chi connectivity index (χ2v) is 9.16. The van der Waals surface area contributed by atoms with Crippen LogP contribution in [0.2, 0.25) is 0 Å². The number of imide groups is 1. The molecule has 0 N–H and O–H groups in total. The van der Waals surface area contributed by atoms with Crippen LogP contribution in [0.3, 0.4) is 0 Å². The Labute approximate surface area is 208 Å². The van der Waals surface area contributed by atoms with E-state index in [2.05, 4.69) is 26.0 Å². The number of hydrazone groups is 1. The molecule has 4 aromatic rings. The average Bonchev–Trinajstić information content (AvgIpc) is 3.53. The minimum absolute atomic E-state index is 0.0269. The highest BCUT2D eigenvalue weighted by molar-refractivity contribution is 9.10. The van der Waals surface area contributed by atoms with Crippen LogP contribution in [0.4, 0.5) is 11.0 Å². The number of nitro groups is 1. The summed E-state index contributed by atoms with van der Waals surface area (Å²) in [5.74, 6) is -2.34. The lowest BCUT2D eigenvalue weighted by molar-refractivity contribution is -0.402. The summed E-state index contributed by atoms with van der Waals surface area (Å²) in [6.07, 6.45) is 1.12. The maximum atomic E-state index is 13.3. The first-order valence-electron chi connectivity index (χ1n) is 9.94. The highest BCUT2D eigenvalue weighted by Crippen LogP contribution is 2.32. The molecular formula is C22H12BrN5O6S. The molecule has 174 valence electrons. The summed E-state index contributed by atoms with van der Waals surface area (Å²) >= 11 is 4.55. The monoisotopic (exact) mass is 553 g/mol. The molecule has 13 heteroatoms. The number of hydrogen-bond acceptors (Lipinski definition) is 9. The van der Waals surface area contributed by atoms with Gasteiger partial charge in [0.05, 0.1) is 33.6 Å². The number of thiazole rings is 1. The Balaban J connectivity index is 1.48. The number of carbonyl (C=O) groups excluding carboxylic acids is 3. The van der Waals surface area contributed by atoms with E-state index in [1.807, 2.05) is 6.07 Å². The van der Waals surface area contributed by atoms with Crippen LogP contribution in [-0.4, -0.2) is 45.3 Å². The molecule has 2 aromatic carbocycles. The second-order valence-electron chi connectivity index (χ2n) is 7.23. The largest absolute Gasteiger partial charge is 0.433 e. The van der Waals surface area contributed by atoms with Gasteiger partial charge in [-0.3, -0.25) is 29.4 Å². The van der Waals surface area contributed by atoms with Gasteiger partial charge in [0.2, 0.25) is 5.13 Å². The molecule has 3 amide bonds. The first-order chi connectivity index (χ1) is 16.8. The summed E-state index contributed by atoms with van der Waals surface area (Å²) in [4.78, 5) is 54.2. The van der Waals surface area contributed by atoms with Crippen LogP contribution < -0.4 is 5.01 Å². The van der Waals surface area contributed by atoms with Crippen LogP contribution in [0.1, 0.15) is 26.5 Å². The third-order valence-corrected chi connectivity index (χ3v) is 6.51. The molecule has 0 unspecified atom stereocenters. The maximum absolute atomic E-state index is 13.3. The van der Waals surface area contributed by atoms with Crippen molar-refractivity contribution in [2.75, 3.05) is 11.6 Å². The zero-order valence-corrected chi connectivity index (χ0v) is 19.9. The number of furan rings is 1. The summed E-state index contributed by atoms with van der Waals surface area (Å²) in [5.41, 5.74) is 1.04. The van der Waals surface area contributed by atoms with E-state index in [4.69, 9.17) is 4.42 Å². The second kappa shape index (κ2) is 8.85. The lowest BCUT2D eigenvalue weighted by atomic mass is 10.1.